The Kier molecular flexibility index (Phi) is 1.21. The predicted octanol–water partition coefficient (Wildman–Crippen LogP) is -0.551. The number of nitrogen functional groups attached to an aromatic ring is 1. The molecule has 0 spiro atoms. The summed E-state index contributed by atoms with van der Waals surface area (Å²) in [6.45, 7) is 0. The van der Waals surface area contributed by atoms with E-state index < -0.39 is 0 Å². The molecule has 2 aromatic rings. The molecular weight excluding hydrogens is 156 g/mol. The third-order valence-electron chi connectivity index (χ3n) is 1.77. The normalized spacial score (nSPS) is 10.8. The van der Waals surface area contributed by atoms with Crippen LogP contribution >= 0.6 is 0 Å². The van der Waals surface area contributed by atoms with E-state index in [0.717, 1.165) is 4.79 Å². The minimum absolute atomic E-state index is 0.0794. The summed E-state index contributed by atoms with van der Waals surface area (Å²) in [7, 11) is 1.69. The molecule has 0 aliphatic heterocycles. The average Bonchev–Trinajstić information content (AvgIpc) is 2.39. The summed E-state index contributed by atoms with van der Waals surface area (Å²) in [5.74, 6) is 5.37. The Bertz CT molecular complexity index is 482. The van der Waals surface area contributed by atoms with Gasteiger partial charge in [-0.15, -0.1) is 0 Å². The second kappa shape index (κ2) is 2.10. The van der Waals surface area contributed by atoms with E-state index in [4.69, 9.17) is 5.84 Å². The van der Waals surface area contributed by atoms with Gasteiger partial charge < -0.3 is 10.4 Å². The van der Waals surface area contributed by atoms with Crippen LogP contribution in [0.2, 0.25) is 0 Å². The Morgan fingerprint density at radius 3 is 3.08 bits per heavy atom. The van der Waals surface area contributed by atoms with Crippen LogP contribution in [0.25, 0.3) is 10.9 Å². The highest BCUT2D eigenvalue weighted by Crippen LogP contribution is 2.03. The van der Waals surface area contributed by atoms with E-state index in [9.17, 15) is 4.79 Å². The first-order valence-electron chi connectivity index (χ1n) is 3.48. The van der Waals surface area contributed by atoms with Crippen molar-refractivity contribution >= 4 is 10.9 Å². The summed E-state index contributed by atoms with van der Waals surface area (Å²) < 4.78 is 1.49. The Morgan fingerprint density at radius 2 is 2.33 bits per heavy atom. The molecule has 0 aromatic carbocycles. The first kappa shape index (κ1) is 6.90. The molecule has 2 aromatic heterocycles. The molecule has 2 rings (SSSR count). The van der Waals surface area contributed by atoms with E-state index in [-0.39, 0.29) is 5.56 Å². The van der Waals surface area contributed by atoms with Gasteiger partial charge in [-0.25, -0.2) is 0 Å². The first-order valence-corrected chi connectivity index (χ1v) is 3.48. The molecule has 0 saturated heterocycles. The second-order valence-electron chi connectivity index (χ2n) is 2.64. The van der Waals surface area contributed by atoms with E-state index in [0.29, 0.717) is 10.9 Å². The van der Waals surface area contributed by atoms with Crippen LogP contribution < -0.4 is 11.4 Å². The van der Waals surface area contributed by atoms with E-state index in [2.05, 4.69) is 5.10 Å². The van der Waals surface area contributed by atoms with Crippen LogP contribution in [0.4, 0.5) is 0 Å². The van der Waals surface area contributed by atoms with E-state index >= 15 is 0 Å². The summed E-state index contributed by atoms with van der Waals surface area (Å²) in [6, 6.07) is 1.75. The third-order valence-corrected chi connectivity index (χ3v) is 1.77. The minimum atomic E-state index is -0.0794. The number of fused-ring (bicyclic) bond motifs is 1. The van der Waals surface area contributed by atoms with Gasteiger partial charge in [0, 0.05) is 13.2 Å². The van der Waals surface area contributed by atoms with Crippen molar-refractivity contribution in [3.05, 3.63) is 28.8 Å². The van der Waals surface area contributed by atoms with Gasteiger partial charge in [0.15, 0.2) is 0 Å². The summed E-state index contributed by atoms with van der Waals surface area (Å²) in [4.78, 5) is 12.5. The lowest BCUT2D eigenvalue weighted by molar-refractivity contribution is 0.846. The predicted molar refractivity (Wildman–Crippen MR) is 45.1 cm³/mol. The van der Waals surface area contributed by atoms with Crippen LogP contribution in [0.15, 0.2) is 23.3 Å². The van der Waals surface area contributed by atoms with Gasteiger partial charge in [0.25, 0.3) is 5.56 Å². The average molecular weight is 164 g/mol. The fraction of sp³-hybridized carbons (Fsp3) is 0.143. The molecule has 5 heteroatoms. The summed E-state index contributed by atoms with van der Waals surface area (Å²) in [5, 5.41) is 4.44. The Labute approximate surface area is 68.0 Å². The number of nitrogens with zero attached hydrogens (tertiary/aromatic N) is 3. The molecule has 0 aliphatic rings. The maximum absolute atomic E-state index is 11.4. The van der Waals surface area contributed by atoms with Gasteiger partial charge in [-0.2, -0.15) is 9.89 Å². The molecule has 0 atom stereocenters. The van der Waals surface area contributed by atoms with Crippen molar-refractivity contribution in [3.63, 3.8) is 0 Å². The quantitative estimate of drug-likeness (QED) is 0.531. The third kappa shape index (κ3) is 0.795. The summed E-state index contributed by atoms with van der Waals surface area (Å²) in [5.41, 5.74) is 0.546. The molecule has 0 saturated carbocycles. The lowest BCUT2D eigenvalue weighted by Gasteiger charge is -1.92. The van der Waals surface area contributed by atoms with Crippen LogP contribution in [0.1, 0.15) is 0 Å². The van der Waals surface area contributed by atoms with Crippen molar-refractivity contribution < 1.29 is 0 Å². The fourth-order valence-electron chi connectivity index (χ4n) is 1.13. The largest absolute Gasteiger partial charge is 0.323 e. The molecule has 0 fully saturated rings. The van der Waals surface area contributed by atoms with E-state index in [1.54, 1.807) is 19.3 Å². The summed E-state index contributed by atoms with van der Waals surface area (Å²) in [6.07, 6.45) is 3.18. The number of pyridine rings is 1. The molecule has 0 amide bonds. The molecular formula is C7H8N4O. The highest BCUT2D eigenvalue weighted by molar-refractivity contribution is 5.76. The maximum Gasteiger partial charge on any atom is 0.261 e. The zero-order chi connectivity index (χ0) is 8.72. The molecule has 2 N–H and O–H groups in total. The van der Waals surface area contributed by atoms with Crippen molar-refractivity contribution in [2.24, 2.45) is 7.05 Å². The maximum atomic E-state index is 11.4. The van der Waals surface area contributed by atoms with Crippen LogP contribution in [0.3, 0.4) is 0 Å². The van der Waals surface area contributed by atoms with E-state index in [1.165, 1.54) is 10.8 Å². The van der Waals surface area contributed by atoms with Gasteiger partial charge in [0.05, 0.1) is 11.6 Å². The Morgan fingerprint density at radius 1 is 1.58 bits per heavy atom. The smallest absolute Gasteiger partial charge is 0.261 e. The number of rotatable bonds is 0. The number of hydrogen-bond acceptors (Lipinski definition) is 3. The molecule has 0 aliphatic carbocycles. The van der Waals surface area contributed by atoms with Crippen molar-refractivity contribution in [2.75, 3.05) is 5.84 Å². The number of aryl methyl sites for hydroxylation is 1. The molecule has 12 heavy (non-hydrogen) atoms. The standard InChI is InChI=1S/C7H8N4O/c1-10-3-2-6-5(7(10)12)4-11(8)9-6/h2-4H,8H2,1H3. The van der Waals surface area contributed by atoms with Gasteiger partial charge >= 0.3 is 0 Å². The van der Waals surface area contributed by atoms with Gasteiger partial charge in [-0.1, -0.05) is 0 Å². The van der Waals surface area contributed by atoms with Crippen LogP contribution in [-0.2, 0) is 7.05 Å². The topological polar surface area (TPSA) is 65.8 Å². The monoisotopic (exact) mass is 164 g/mol. The van der Waals surface area contributed by atoms with Crippen LogP contribution in [0.5, 0.6) is 0 Å². The lowest BCUT2D eigenvalue weighted by atomic mass is 10.3. The SMILES string of the molecule is Cn1ccc2nn(N)cc2c1=O. The zero-order valence-electron chi connectivity index (χ0n) is 6.56. The van der Waals surface area contributed by atoms with Crippen molar-refractivity contribution in [3.8, 4) is 0 Å². The van der Waals surface area contributed by atoms with Crippen molar-refractivity contribution in [1.82, 2.24) is 14.5 Å². The second-order valence-corrected chi connectivity index (χ2v) is 2.64. The minimum Gasteiger partial charge on any atom is -0.323 e. The number of nitrogens with two attached hydrogens (primary N) is 1. The Balaban J connectivity index is 2.99. The van der Waals surface area contributed by atoms with Gasteiger partial charge in [-0.3, -0.25) is 4.79 Å². The first-order chi connectivity index (χ1) is 5.68. The van der Waals surface area contributed by atoms with Crippen molar-refractivity contribution in [2.45, 2.75) is 0 Å². The highest BCUT2D eigenvalue weighted by Gasteiger charge is 2.02. The molecule has 5 nitrogen and oxygen atoms in total. The Hall–Kier alpha value is -1.78. The molecule has 0 radical (unpaired) electrons. The van der Waals surface area contributed by atoms with Gasteiger partial charge in [0.1, 0.15) is 5.52 Å². The lowest BCUT2D eigenvalue weighted by Crippen LogP contribution is -2.14. The van der Waals surface area contributed by atoms with Crippen LogP contribution in [-0.4, -0.2) is 14.5 Å². The van der Waals surface area contributed by atoms with Gasteiger partial charge in [-0.05, 0) is 6.07 Å². The molecule has 2 heterocycles. The number of aromatic nitrogens is 3. The molecule has 0 unspecified atom stereocenters. The zero-order valence-corrected chi connectivity index (χ0v) is 6.56. The van der Waals surface area contributed by atoms with Gasteiger partial charge in [0.2, 0.25) is 0 Å². The molecule has 0 bridgehead atoms. The summed E-state index contributed by atoms with van der Waals surface area (Å²) >= 11 is 0. The fourth-order valence-corrected chi connectivity index (χ4v) is 1.13. The molecule has 62 valence electrons. The van der Waals surface area contributed by atoms with Crippen LogP contribution in [0, 0.1) is 0 Å². The van der Waals surface area contributed by atoms with Crippen molar-refractivity contribution in [1.29, 1.82) is 0 Å². The van der Waals surface area contributed by atoms with E-state index in [1.807, 2.05) is 0 Å². The number of hydrogen-bond donors (Lipinski definition) is 1. The highest BCUT2D eigenvalue weighted by atomic mass is 16.1.